The number of nitrogens with one attached hydrogen (secondary N) is 1. The molecule has 0 amide bonds. The molecule has 0 aromatic heterocycles. The summed E-state index contributed by atoms with van der Waals surface area (Å²) in [4.78, 5) is 2.00. The number of likely N-dealkylation sites (tertiary alicyclic amines) is 1. The van der Waals surface area contributed by atoms with Crippen LogP contribution in [0, 0.1) is 12.8 Å². The van der Waals surface area contributed by atoms with E-state index in [-0.39, 0.29) is 0 Å². The average molecular weight is 372 g/mol. The van der Waals surface area contributed by atoms with Crippen LogP contribution in [0.2, 0.25) is 5.02 Å². The second-order valence-corrected chi connectivity index (χ2v) is 9.78. The normalized spacial score (nSPS) is 27.3. The molecule has 2 fully saturated rings. The summed E-state index contributed by atoms with van der Waals surface area (Å²) < 4.78 is 27.3. The van der Waals surface area contributed by atoms with Gasteiger partial charge in [-0.15, -0.1) is 0 Å². The van der Waals surface area contributed by atoms with Crippen LogP contribution in [0.15, 0.2) is 23.1 Å². The van der Waals surface area contributed by atoms with Gasteiger partial charge in [-0.3, -0.25) is 0 Å². The van der Waals surface area contributed by atoms with Gasteiger partial charge in [0.1, 0.15) is 0 Å². The molecule has 24 heavy (non-hydrogen) atoms. The van der Waals surface area contributed by atoms with Crippen molar-refractivity contribution in [3.63, 3.8) is 0 Å². The lowest BCUT2D eigenvalue weighted by molar-refractivity contribution is -0.932. The molecule has 2 heterocycles. The van der Waals surface area contributed by atoms with Crippen LogP contribution in [-0.4, -0.2) is 44.9 Å². The van der Waals surface area contributed by atoms with Gasteiger partial charge in [-0.1, -0.05) is 24.6 Å². The monoisotopic (exact) mass is 371 g/mol. The summed E-state index contributed by atoms with van der Waals surface area (Å²) in [6.07, 6.45) is 4.52. The Bertz CT molecular complexity index is 676. The standard InChI is InChI=1S/C18H27ClN2O2S/c1-14-5-9-20(10-6-14)16-7-11-21(12-8-16)24(22,23)17-4-3-15(2)18(19)13-17/h3-4,13-14,16H,5-12H2,1-2H3/p+1. The van der Waals surface area contributed by atoms with Crippen LogP contribution < -0.4 is 4.90 Å². The lowest BCUT2D eigenvalue weighted by Crippen LogP contribution is -3.17. The molecule has 2 aliphatic rings. The number of rotatable bonds is 3. The van der Waals surface area contributed by atoms with Gasteiger partial charge in [-0.05, 0) is 43.4 Å². The van der Waals surface area contributed by atoms with Gasteiger partial charge in [0.2, 0.25) is 10.0 Å². The highest BCUT2D eigenvalue weighted by Gasteiger charge is 2.34. The van der Waals surface area contributed by atoms with Gasteiger partial charge in [0.15, 0.2) is 0 Å². The van der Waals surface area contributed by atoms with E-state index in [0.29, 0.717) is 29.0 Å². The van der Waals surface area contributed by atoms with Crippen LogP contribution in [0.3, 0.4) is 0 Å². The fourth-order valence-corrected chi connectivity index (χ4v) is 5.67. The molecule has 0 radical (unpaired) electrons. The van der Waals surface area contributed by atoms with E-state index in [9.17, 15) is 8.42 Å². The van der Waals surface area contributed by atoms with Crippen LogP contribution in [0.5, 0.6) is 0 Å². The van der Waals surface area contributed by atoms with Gasteiger partial charge in [0, 0.05) is 31.0 Å². The Kier molecular flexibility index (Phi) is 5.55. The fourth-order valence-electron chi connectivity index (χ4n) is 3.93. The van der Waals surface area contributed by atoms with Gasteiger partial charge in [0.05, 0.1) is 24.0 Å². The van der Waals surface area contributed by atoms with Crippen molar-refractivity contribution in [2.75, 3.05) is 26.2 Å². The van der Waals surface area contributed by atoms with Crippen molar-refractivity contribution in [3.8, 4) is 0 Å². The zero-order chi connectivity index (χ0) is 17.3. The molecule has 1 aromatic rings. The first-order chi connectivity index (χ1) is 11.4. The van der Waals surface area contributed by atoms with Gasteiger partial charge < -0.3 is 4.90 Å². The van der Waals surface area contributed by atoms with Crippen LogP contribution >= 0.6 is 11.6 Å². The minimum Gasteiger partial charge on any atom is -0.332 e. The van der Waals surface area contributed by atoms with Crippen LogP contribution in [0.25, 0.3) is 0 Å². The second-order valence-electron chi connectivity index (χ2n) is 7.43. The topological polar surface area (TPSA) is 41.8 Å². The average Bonchev–Trinajstić information content (AvgIpc) is 2.58. The number of quaternary nitrogens is 1. The molecular formula is C18H28ClN2O2S+. The Balaban J connectivity index is 1.64. The maximum absolute atomic E-state index is 12.8. The lowest BCUT2D eigenvalue weighted by Gasteiger charge is -2.38. The van der Waals surface area contributed by atoms with Crippen molar-refractivity contribution in [1.82, 2.24) is 4.31 Å². The number of hydrogen-bond donors (Lipinski definition) is 1. The maximum Gasteiger partial charge on any atom is 0.243 e. The van der Waals surface area contributed by atoms with E-state index in [2.05, 4.69) is 6.92 Å². The van der Waals surface area contributed by atoms with E-state index < -0.39 is 10.0 Å². The van der Waals surface area contributed by atoms with E-state index in [1.165, 1.54) is 25.9 Å². The summed E-state index contributed by atoms with van der Waals surface area (Å²) >= 11 is 6.11. The highest BCUT2D eigenvalue weighted by atomic mass is 35.5. The highest BCUT2D eigenvalue weighted by Crippen LogP contribution is 2.25. The molecule has 0 bridgehead atoms. The zero-order valence-electron chi connectivity index (χ0n) is 14.6. The summed E-state index contributed by atoms with van der Waals surface area (Å²) in [6, 6.07) is 5.64. The summed E-state index contributed by atoms with van der Waals surface area (Å²) in [6.45, 7) is 7.94. The number of piperidine rings is 2. The summed E-state index contributed by atoms with van der Waals surface area (Å²) in [5, 5.41) is 0.512. The van der Waals surface area contributed by atoms with E-state index in [4.69, 9.17) is 11.6 Å². The highest BCUT2D eigenvalue weighted by molar-refractivity contribution is 7.89. The minimum absolute atomic E-state index is 0.315. The molecule has 2 aliphatic heterocycles. The molecule has 134 valence electrons. The molecule has 1 N–H and O–H groups in total. The lowest BCUT2D eigenvalue weighted by atomic mass is 9.95. The first kappa shape index (κ1) is 18.2. The Hall–Kier alpha value is -0.620. The van der Waals surface area contributed by atoms with Gasteiger partial charge in [-0.25, -0.2) is 8.42 Å². The molecule has 0 aliphatic carbocycles. The molecule has 6 heteroatoms. The zero-order valence-corrected chi connectivity index (χ0v) is 16.2. The summed E-state index contributed by atoms with van der Waals surface area (Å²) in [5.74, 6) is 0.848. The SMILES string of the molecule is Cc1ccc(S(=O)(=O)N2CCC([NH+]3CCC(C)CC3)CC2)cc1Cl. The smallest absolute Gasteiger partial charge is 0.243 e. The molecule has 0 spiro atoms. The van der Waals surface area contributed by atoms with Gasteiger partial charge in [-0.2, -0.15) is 4.31 Å². The van der Waals surface area contributed by atoms with Crippen LogP contribution in [0.1, 0.15) is 38.2 Å². The maximum atomic E-state index is 12.8. The van der Waals surface area contributed by atoms with Gasteiger partial charge >= 0.3 is 0 Å². The Morgan fingerprint density at radius 1 is 1.12 bits per heavy atom. The Labute approximate surface area is 150 Å². The summed E-state index contributed by atoms with van der Waals surface area (Å²) in [5.41, 5.74) is 0.900. The first-order valence-electron chi connectivity index (χ1n) is 8.99. The van der Waals surface area contributed by atoms with E-state index in [1.807, 2.05) is 6.92 Å². The molecule has 3 rings (SSSR count). The molecule has 2 saturated heterocycles. The molecule has 0 saturated carbocycles. The number of sulfonamides is 1. The van der Waals surface area contributed by atoms with Crippen molar-refractivity contribution in [1.29, 1.82) is 0 Å². The number of nitrogens with zero attached hydrogens (tertiary/aromatic N) is 1. The molecular weight excluding hydrogens is 344 g/mol. The van der Waals surface area contributed by atoms with E-state index >= 15 is 0 Å². The third kappa shape index (κ3) is 3.79. The third-order valence-electron chi connectivity index (χ3n) is 5.73. The van der Waals surface area contributed by atoms with Crippen LogP contribution in [0.4, 0.5) is 0 Å². The van der Waals surface area contributed by atoms with Crippen molar-refractivity contribution in [3.05, 3.63) is 28.8 Å². The Morgan fingerprint density at radius 3 is 2.33 bits per heavy atom. The number of aryl methyl sites for hydroxylation is 1. The van der Waals surface area contributed by atoms with Crippen molar-refractivity contribution in [2.24, 2.45) is 5.92 Å². The third-order valence-corrected chi connectivity index (χ3v) is 8.03. The minimum atomic E-state index is -3.42. The molecule has 1 aromatic carbocycles. The molecule has 4 nitrogen and oxygen atoms in total. The quantitative estimate of drug-likeness (QED) is 0.884. The number of benzene rings is 1. The predicted octanol–water partition coefficient (Wildman–Crippen LogP) is 2.12. The first-order valence-corrected chi connectivity index (χ1v) is 10.8. The molecule has 0 atom stereocenters. The second kappa shape index (κ2) is 7.32. The van der Waals surface area contributed by atoms with Crippen LogP contribution in [-0.2, 0) is 10.0 Å². The number of hydrogen-bond acceptors (Lipinski definition) is 2. The van der Waals surface area contributed by atoms with Crippen molar-refractivity contribution < 1.29 is 13.3 Å². The van der Waals surface area contributed by atoms with Gasteiger partial charge in [0.25, 0.3) is 0 Å². The van der Waals surface area contributed by atoms with E-state index in [0.717, 1.165) is 24.3 Å². The fraction of sp³-hybridized carbons (Fsp3) is 0.667. The summed E-state index contributed by atoms with van der Waals surface area (Å²) in [7, 11) is -3.42. The number of halogens is 1. The largest absolute Gasteiger partial charge is 0.332 e. The predicted molar refractivity (Wildman–Crippen MR) is 97.1 cm³/mol. The van der Waals surface area contributed by atoms with Crippen molar-refractivity contribution in [2.45, 2.75) is 50.5 Å². The van der Waals surface area contributed by atoms with Crippen molar-refractivity contribution >= 4 is 21.6 Å². The molecule has 0 unspecified atom stereocenters. The van der Waals surface area contributed by atoms with E-state index in [1.54, 1.807) is 27.4 Å². The Morgan fingerprint density at radius 2 is 1.75 bits per heavy atom.